The van der Waals surface area contributed by atoms with Crippen LogP contribution < -0.4 is 15.4 Å². The summed E-state index contributed by atoms with van der Waals surface area (Å²) in [5.74, 6) is -0.581. The maximum absolute atomic E-state index is 13.7. The number of benzene rings is 2. The fourth-order valence-corrected chi connectivity index (χ4v) is 2.35. The summed E-state index contributed by atoms with van der Waals surface area (Å²) < 4.78 is 37.6. The van der Waals surface area contributed by atoms with Gasteiger partial charge in [0.1, 0.15) is 24.0 Å². The van der Waals surface area contributed by atoms with E-state index >= 15 is 0 Å². The van der Waals surface area contributed by atoms with Crippen LogP contribution in [0.1, 0.15) is 12.5 Å². The minimum absolute atomic E-state index is 0.0436. The topological polar surface area (TPSA) is 59.6 Å². The zero-order valence-electron chi connectivity index (χ0n) is 14.7. The number of hydrogen-bond acceptors (Lipinski definition) is 3. The Hall–Kier alpha value is -2.67. The smallest absolute Gasteiger partial charge is 0.319 e. The van der Waals surface area contributed by atoms with Crippen molar-refractivity contribution >= 4 is 11.7 Å². The SMILES string of the molecule is COCCOc1ccc(NC(=O)NC(C)Cc2c(F)cccc2F)cc1. The van der Waals surface area contributed by atoms with Gasteiger partial charge >= 0.3 is 6.03 Å². The molecule has 0 spiro atoms. The van der Waals surface area contributed by atoms with Crippen molar-refractivity contribution in [2.75, 3.05) is 25.6 Å². The molecule has 2 aromatic rings. The second kappa shape index (κ2) is 9.72. The van der Waals surface area contributed by atoms with E-state index in [4.69, 9.17) is 9.47 Å². The highest BCUT2D eigenvalue weighted by Gasteiger charge is 2.14. The lowest BCUT2D eigenvalue weighted by atomic mass is 10.1. The highest BCUT2D eigenvalue weighted by molar-refractivity contribution is 5.89. The third-order valence-electron chi connectivity index (χ3n) is 3.62. The van der Waals surface area contributed by atoms with Crippen molar-refractivity contribution in [1.82, 2.24) is 5.32 Å². The summed E-state index contributed by atoms with van der Waals surface area (Å²) in [6.45, 7) is 2.61. The summed E-state index contributed by atoms with van der Waals surface area (Å²) in [6.07, 6.45) is 0.0538. The normalized spacial score (nSPS) is 11.7. The van der Waals surface area contributed by atoms with Crippen LogP contribution in [0.15, 0.2) is 42.5 Å². The van der Waals surface area contributed by atoms with E-state index in [2.05, 4.69) is 10.6 Å². The van der Waals surface area contributed by atoms with E-state index in [0.29, 0.717) is 24.7 Å². The summed E-state index contributed by atoms with van der Waals surface area (Å²) in [5.41, 5.74) is 0.531. The molecule has 0 bridgehead atoms. The van der Waals surface area contributed by atoms with Crippen LogP contribution in [0.25, 0.3) is 0 Å². The molecule has 1 atom stereocenters. The van der Waals surface area contributed by atoms with E-state index in [1.807, 2.05) is 0 Å². The Kier molecular flexibility index (Phi) is 7.35. The molecule has 0 saturated heterocycles. The van der Waals surface area contributed by atoms with E-state index in [0.717, 1.165) is 0 Å². The predicted molar refractivity (Wildman–Crippen MR) is 95.5 cm³/mol. The lowest BCUT2D eigenvalue weighted by Gasteiger charge is -2.16. The number of carbonyl (C=O) groups excluding carboxylic acids is 1. The summed E-state index contributed by atoms with van der Waals surface area (Å²) in [7, 11) is 1.59. The van der Waals surface area contributed by atoms with Gasteiger partial charge in [0.05, 0.1) is 6.61 Å². The zero-order chi connectivity index (χ0) is 18.9. The molecule has 2 rings (SSSR count). The van der Waals surface area contributed by atoms with Crippen LogP contribution in [0.3, 0.4) is 0 Å². The minimum Gasteiger partial charge on any atom is -0.491 e. The molecule has 0 saturated carbocycles. The van der Waals surface area contributed by atoms with Crippen LogP contribution in [-0.4, -0.2) is 32.4 Å². The third-order valence-corrected chi connectivity index (χ3v) is 3.62. The number of methoxy groups -OCH3 is 1. The lowest BCUT2D eigenvalue weighted by Crippen LogP contribution is -2.37. The highest BCUT2D eigenvalue weighted by atomic mass is 19.1. The number of hydrogen-bond donors (Lipinski definition) is 2. The van der Waals surface area contributed by atoms with Gasteiger partial charge in [-0.2, -0.15) is 0 Å². The van der Waals surface area contributed by atoms with Crippen molar-refractivity contribution < 1.29 is 23.0 Å². The first-order chi connectivity index (χ1) is 12.5. The molecule has 0 radical (unpaired) electrons. The van der Waals surface area contributed by atoms with Gasteiger partial charge in [-0.25, -0.2) is 13.6 Å². The second-order valence-corrected chi connectivity index (χ2v) is 5.77. The number of rotatable bonds is 8. The molecule has 0 aliphatic rings. The number of halogens is 2. The molecule has 0 heterocycles. The standard InChI is InChI=1S/C19H22F2N2O3/c1-13(12-16-17(20)4-3-5-18(16)21)22-19(24)23-14-6-8-15(9-7-14)26-11-10-25-2/h3-9,13H,10-12H2,1-2H3,(H2,22,23,24). The summed E-state index contributed by atoms with van der Waals surface area (Å²) in [6, 6.07) is 9.64. The van der Waals surface area contributed by atoms with Crippen molar-refractivity contribution in [3.8, 4) is 5.75 Å². The lowest BCUT2D eigenvalue weighted by molar-refractivity contribution is 0.146. The van der Waals surface area contributed by atoms with E-state index < -0.39 is 23.7 Å². The number of carbonyl (C=O) groups is 1. The van der Waals surface area contributed by atoms with Crippen LogP contribution in [0.4, 0.5) is 19.3 Å². The van der Waals surface area contributed by atoms with Crippen molar-refractivity contribution in [3.05, 3.63) is 59.7 Å². The van der Waals surface area contributed by atoms with E-state index in [1.165, 1.54) is 18.2 Å². The Balaban J connectivity index is 1.84. The molecule has 0 fully saturated rings. The largest absolute Gasteiger partial charge is 0.491 e. The molecule has 7 heteroatoms. The molecule has 26 heavy (non-hydrogen) atoms. The van der Waals surface area contributed by atoms with Gasteiger partial charge in [-0.1, -0.05) is 6.07 Å². The maximum atomic E-state index is 13.7. The molecule has 0 aliphatic carbocycles. The van der Waals surface area contributed by atoms with Crippen LogP contribution in [0.5, 0.6) is 5.75 Å². The molecule has 2 amide bonds. The first-order valence-electron chi connectivity index (χ1n) is 8.22. The van der Waals surface area contributed by atoms with Crippen LogP contribution in [0.2, 0.25) is 0 Å². The molecule has 2 aromatic carbocycles. The Morgan fingerprint density at radius 2 is 1.73 bits per heavy atom. The molecule has 140 valence electrons. The average Bonchev–Trinajstić information content (AvgIpc) is 2.60. The van der Waals surface area contributed by atoms with Crippen molar-refractivity contribution in [3.63, 3.8) is 0 Å². The summed E-state index contributed by atoms with van der Waals surface area (Å²) >= 11 is 0. The summed E-state index contributed by atoms with van der Waals surface area (Å²) in [5, 5.41) is 5.32. The average molecular weight is 364 g/mol. The Morgan fingerprint density at radius 3 is 2.35 bits per heavy atom. The highest BCUT2D eigenvalue weighted by Crippen LogP contribution is 2.16. The number of anilines is 1. The van der Waals surface area contributed by atoms with Crippen LogP contribution in [-0.2, 0) is 11.2 Å². The number of ether oxygens (including phenoxy) is 2. The fraction of sp³-hybridized carbons (Fsp3) is 0.316. The Labute approximate surface area is 151 Å². The van der Waals surface area contributed by atoms with Crippen molar-refractivity contribution in [2.24, 2.45) is 0 Å². The Bertz CT molecular complexity index is 703. The van der Waals surface area contributed by atoms with E-state index in [9.17, 15) is 13.6 Å². The van der Waals surface area contributed by atoms with Gasteiger partial charge < -0.3 is 20.1 Å². The summed E-state index contributed by atoms with van der Waals surface area (Å²) in [4.78, 5) is 12.0. The zero-order valence-corrected chi connectivity index (χ0v) is 14.7. The van der Waals surface area contributed by atoms with E-state index in [-0.39, 0.29) is 12.0 Å². The number of amides is 2. The molecule has 1 unspecified atom stereocenters. The van der Waals surface area contributed by atoms with Gasteiger partial charge in [-0.3, -0.25) is 0 Å². The molecule has 0 aromatic heterocycles. The van der Waals surface area contributed by atoms with Gasteiger partial charge in [0.2, 0.25) is 0 Å². The quantitative estimate of drug-likeness (QED) is 0.702. The third kappa shape index (κ3) is 6.00. The van der Waals surface area contributed by atoms with Gasteiger partial charge in [0.15, 0.2) is 0 Å². The van der Waals surface area contributed by atoms with Crippen LogP contribution in [0, 0.1) is 11.6 Å². The van der Waals surface area contributed by atoms with Gasteiger partial charge in [-0.05, 0) is 49.7 Å². The van der Waals surface area contributed by atoms with Gasteiger partial charge in [0.25, 0.3) is 0 Å². The van der Waals surface area contributed by atoms with Crippen molar-refractivity contribution in [2.45, 2.75) is 19.4 Å². The first-order valence-corrected chi connectivity index (χ1v) is 8.22. The van der Waals surface area contributed by atoms with Gasteiger partial charge in [-0.15, -0.1) is 0 Å². The molecular formula is C19H22F2N2O3. The van der Waals surface area contributed by atoms with E-state index in [1.54, 1.807) is 38.3 Å². The number of nitrogens with one attached hydrogen (secondary N) is 2. The maximum Gasteiger partial charge on any atom is 0.319 e. The molecule has 5 nitrogen and oxygen atoms in total. The Morgan fingerprint density at radius 1 is 1.08 bits per heavy atom. The molecule has 2 N–H and O–H groups in total. The second-order valence-electron chi connectivity index (χ2n) is 5.77. The fourth-order valence-electron chi connectivity index (χ4n) is 2.35. The predicted octanol–water partition coefficient (Wildman–Crippen LogP) is 3.74. The number of urea groups is 1. The van der Waals surface area contributed by atoms with Gasteiger partial charge in [0, 0.05) is 24.4 Å². The first kappa shape index (κ1) is 19.7. The molecule has 0 aliphatic heterocycles. The minimum atomic E-state index is -0.622. The van der Waals surface area contributed by atoms with Crippen LogP contribution >= 0.6 is 0 Å². The van der Waals surface area contributed by atoms with Crippen molar-refractivity contribution in [1.29, 1.82) is 0 Å². The molecular weight excluding hydrogens is 342 g/mol. The monoisotopic (exact) mass is 364 g/mol.